The zero-order valence-electron chi connectivity index (χ0n) is 27.9. The quantitative estimate of drug-likeness (QED) is 0.176. The lowest BCUT2D eigenvalue weighted by atomic mass is 9.92. The zero-order chi connectivity index (χ0) is 34.2. The van der Waals surface area contributed by atoms with Crippen molar-refractivity contribution < 1.29 is 8.83 Å². The Morgan fingerprint density at radius 1 is 0.346 bits per heavy atom. The molecule has 0 fully saturated rings. The van der Waals surface area contributed by atoms with E-state index in [0.717, 1.165) is 110 Å². The van der Waals surface area contributed by atoms with Crippen molar-refractivity contribution in [3.8, 4) is 44.8 Å². The fourth-order valence-electron chi connectivity index (χ4n) is 7.77. The Balaban J connectivity index is 1.18. The number of hydrogen-bond donors (Lipinski definition) is 0. The Kier molecular flexibility index (Phi) is 6.22. The number of furan rings is 2. The van der Waals surface area contributed by atoms with Gasteiger partial charge in [0.1, 0.15) is 22.3 Å². The van der Waals surface area contributed by atoms with Crippen LogP contribution in [-0.4, -0.2) is 9.97 Å². The normalized spacial score (nSPS) is 11.8. The van der Waals surface area contributed by atoms with Crippen LogP contribution in [0, 0.1) is 0 Å². The lowest BCUT2D eigenvalue weighted by molar-refractivity contribution is 0.669. The summed E-state index contributed by atoms with van der Waals surface area (Å²) in [5.41, 5.74) is 13.4. The number of hydrogen-bond acceptors (Lipinski definition) is 4. The van der Waals surface area contributed by atoms with Gasteiger partial charge < -0.3 is 8.83 Å². The SMILES string of the molecule is c1ccc(-c2ccc3ccc4ccc(-c5cc(-c6cccc7c6oc6ccccc67)cc(-c6cccc7oc8ccccc8c67)c5)nc4c3n2)cc1. The molecule has 0 aliphatic heterocycles. The van der Waals surface area contributed by atoms with Gasteiger partial charge in [0.15, 0.2) is 0 Å². The number of fused-ring (bicyclic) bond motifs is 9. The monoisotopic (exact) mass is 664 g/mol. The van der Waals surface area contributed by atoms with Crippen molar-refractivity contribution in [2.24, 2.45) is 0 Å². The third-order valence-corrected chi connectivity index (χ3v) is 10.2. The van der Waals surface area contributed by atoms with Crippen molar-refractivity contribution >= 4 is 65.7 Å². The van der Waals surface area contributed by atoms with E-state index in [4.69, 9.17) is 18.8 Å². The molecule has 7 aromatic carbocycles. The molecule has 0 aliphatic carbocycles. The highest BCUT2D eigenvalue weighted by Crippen LogP contribution is 2.42. The second-order valence-corrected chi connectivity index (χ2v) is 13.3. The molecule has 0 saturated heterocycles. The van der Waals surface area contributed by atoms with Crippen LogP contribution in [0.1, 0.15) is 0 Å². The van der Waals surface area contributed by atoms with Crippen LogP contribution in [0.3, 0.4) is 0 Å². The van der Waals surface area contributed by atoms with Gasteiger partial charge in [0, 0.05) is 49.0 Å². The first-order valence-corrected chi connectivity index (χ1v) is 17.5. The average Bonchev–Trinajstić information content (AvgIpc) is 3.79. The van der Waals surface area contributed by atoms with Crippen molar-refractivity contribution in [2.45, 2.75) is 0 Å². The highest BCUT2D eigenvalue weighted by molar-refractivity contribution is 6.14. The number of pyridine rings is 2. The highest BCUT2D eigenvalue weighted by atomic mass is 16.3. The summed E-state index contributed by atoms with van der Waals surface area (Å²) in [6, 6.07) is 59.0. The van der Waals surface area contributed by atoms with Gasteiger partial charge in [-0.25, -0.2) is 9.97 Å². The molecule has 242 valence electrons. The van der Waals surface area contributed by atoms with Gasteiger partial charge in [0.2, 0.25) is 0 Å². The number of para-hydroxylation sites is 3. The predicted molar refractivity (Wildman–Crippen MR) is 213 cm³/mol. The van der Waals surface area contributed by atoms with Crippen LogP contribution < -0.4 is 0 Å². The molecule has 4 heteroatoms. The van der Waals surface area contributed by atoms with E-state index in [1.807, 2.05) is 48.5 Å². The van der Waals surface area contributed by atoms with Crippen LogP contribution in [0.2, 0.25) is 0 Å². The maximum atomic E-state index is 6.56. The molecular formula is C48H28N2O2. The van der Waals surface area contributed by atoms with Crippen molar-refractivity contribution in [1.29, 1.82) is 0 Å². The minimum absolute atomic E-state index is 0.862. The van der Waals surface area contributed by atoms with E-state index >= 15 is 0 Å². The maximum Gasteiger partial charge on any atom is 0.143 e. The van der Waals surface area contributed by atoms with E-state index in [1.54, 1.807) is 0 Å². The van der Waals surface area contributed by atoms with Gasteiger partial charge in [-0.2, -0.15) is 0 Å². The van der Waals surface area contributed by atoms with Crippen LogP contribution >= 0.6 is 0 Å². The van der Waals surface area contributed by atoms with Crippen molar-refractivity contribution in [2.75, 3.05) is 0 Å². The summed E-state index contributed by atoms with van der Waals surface area (Å²) in [6.07, 6.45) is 0. The first-order chi connectivity index (χ1) is 25.7. The van der Waals surface area contributed by atoms with Gasteiger partial charge in [-0.15, -0.1) is 0 Å². The first kappa shape index (κ1) is 28.8. The lowest BCUT2D eigenvalue weighted by Gasteiger charge is -2.13. The molecule has 0 bridgehead atoms. The Bertz CT molecular complexity index is 3190. The Morgan fingerprint density at radius 3 is 1.65 bits per heavy atom. The molecule has 4 heterocycles. The highest BCUT2D eigenvalue weighted by Gasteiger charge is 2.18. The summed E-state index contributed by atoms with van der Waals surface area (Å²) in [5, 5.41) is 6.50. The van der Waals surface area contributed by atoms with Crippen molar-refractivity contribution in [3.05, 3.63) is 170 Å². The fraction of sp³-hybridized carbons (Fsp3) is 0. The molecule has 0 atom stereocenters. The molecule has 0 spiro atoms. The molecule has 0 aliphatic rings. The molecule has 0 unspecified atom stereocenters. The number of aromatic nitrogens is 2. The van der Waals surface area contributed by atoms with Crippen LogP contribution in [0.5, 0.6) is 0 Å². The minimum atomic E-state index is 0.862. The Labute approximate surface area is 298 Å². The van der Waals surface area contributed by atoms with Gasteiger partial charge in [0.25, 0.3) is 0 Å². The summed E-state index contributed by atoms with van der Waals surface area (Å²) in [4.78, 5) is 10.5. The topological polar surface area (TPSA) is 52.1 Å². The molecule has 52 heavy (non-hydrogen) atoms. The fourth-order valence-corrected chi connectivity index (χ4v) is 7.77. The second-order valence-electron chi connectivity index (χ2n) is 13.3. The average molecular weight is 665 g/mol. The van der Waals surface area contributed by atoms with Gasteiger partial charge in [-0.1, -0.05) is 121 Å². The molecule has 4 nitrogen and oxygen atoms in total. The largest absolute Gasteiger partial charge is 0.456 e. The lowest BCUT2D eigenvalue weighted by Crippen LogP contribution is -1.92. The molecule has 4 aromatic heterocycles. The van der Waals surface area contributed by atoms with Crippen LogP contribution in [0.4, 0.5) is 0 Å². The molecule has 11 rings (SSSR count). The van der Waals surface area contributed by atoms with Crippen LogP contribution in [0.15, 0.2) is 179 Å². The summed E-state index contributed by atoms with van der Waals surface area (Å²) >= 11 is 0. The van der Waals surface area contributed by atoms with Gasteiger partial charge >= 0.3 is 0 Å². The van der Waals surface area contributed by atoms with Gasteiger partial charge in [0.05, 0.1) is 22.4 Å². The molecule has 0 amide bonds. The third-order valence-electron chi connectivity index (χ3n) is 10.2. The predicted octanol–water partition coefficient (Wildman–Crippen LogP) is 13.2. The summed E-state index contributed by atoms with van der Waals surface area (Å²) in [7, 11) is 0. The molecular weight excluding hydrogens is 637 g/mol. The Morgan fingerprint density at radius 2 is 0.885 bits per heavy atom. The molecule has 11 aromatic rings. The number of benzene rings is 7. The van der Waals surface area contributed by atoms with Crippen molar-refractivity contribution in [1.82, 2.24) is 9.97 Å². The summed E-state index contributed by atoms with van der Waals surface area (Å²) < 4.78 is 12.9. The standard InChI is InChI=1S/C48H28N2O2/c1-2-10-29(11-3-1)40-24-22-30-20-21-31-23-25-41(50-47(31)46(30)49-40)34-27-32(35-14-9-19-44-45(35)39-13-5-7-18-43(39)51-44)26-33(28-34)36-15-8-16-38-37-12-4-6-17-42(37)52-48(36)38/h1-28H. The van der Waals surface area contributed by atoms with E-state index in [1.165, 1.54) is 0 Å². The van der Waals surface area contributed by atoms with Crippen molar-refractivity contribution in [3.63, 3.8) is 0 Å². The third kappa shape index (κ3) is 4.48. The Hall–Kier alpha value is -7.04. The summed E-state index contributed by atoms with van der Waals surface area (Å²) in [5.74, 6) is 0. The van der Waals surface area contributed by atoms with Gasteiger partial charge in [-0.05, 0) is 65.2 Å². The second kappa shape index (κ2) is 11.2. The molecule has 0 N–H and O–H groups in total. The van der Waals surface area contributed by atoms with E-state index in [9.17, 15) is 0 Å². The number of rotatable bonds is 4. The van der Waals surface area contributed by atoms with Gasteiger partial charge in [-0.3, -0.25) is 0 Å². The smallest absolute Gasteiger partial charge is 0.143 e. The molecule has 0 saturated carbocycles. The van der Waals surface area contributed by atoms with E-state index in [2.05, 4.69) is 121 Å². The van der Waals surface area contributed by atoms with Crippen LogP contribution in [0.25, 0.3) is 110 Å². The zero-order valence-corrected chi connectivity index (χ0v) is 27.9. The van der Waals surface area contributed by atoms with E-state index in [-0.39, 0.29) is 0 Å². The minimum Gasteiger partial charge on any atom is -0.456 e. The molecule has 0 radical (unpaired) electrons. The maximum absolute atomic E-state index is 6.56. The summed E-state index contributed by atoms with van der Waals surface area (Å²) in [6.45, 7) is 0. The first-order valence-electron chi connectivity index (χ1n) is 17.5. The number of nitrogens with zero attached hydrogens (tertiary/aromatic N) is 2. The van der Waals surface area contributed by atoms with E-state index in [0.29, 0.717) is 0 Å². The van der Waals surface area contributed by atoms with Crippen LogP contribution in [-0.2, 0) is 0 Å². The van der Waals surface area contributed by atoms with E-state index < -0.39 is 0 Å².